The zero-order chi connectivity index (χ0) is 19.3. The molecular weight excluding hydrogens is 383 g/mol. The van der Waals surface area contributed by atoms with Gasteiger partial charge in [0.05, 0.1) is 13.7 Å². The number of likely N-dealkylation sites (N-methyl/N-ethyl adjacent to an activating group) is 1. The largest absolute Gasteiger partial charge is 0.495 e. The van der Waals surface area contributed by atoms with Crippen molar-refractivity contribution < 1.29 is 22.3 Å². The molecule has 0 fully saturated rings. The molecule has 26 heavy (non-hydrogen) atoms. The Labute approximate surface area is 156 Å². The smallest absolute Gasteiger partial charge is 0.247 e. The van der Waals surface area contributed by atoms with E-state index in [2.05, 4.69) is 5.32 Å². The highest BCUT2D eigenvalue weighted by Crippen LogP contribution is 2.26. The first kappa shape index (κ1) is 20.2. The fourth-order valence-corrected chi connectivity index (χ4v) is 3.58. The van der Waals surface area contributed by atoms with Crippen LogP contribution in [0.2, 0.25) is 5.02 Å². The molecule has 6 nitrogen and oxygen atoms in total. The van der Waals surface area contributed by atoms with E-state index in [0.29, 0.717) is 5.02 Å². The molecule has 0 unspecified atom stereocenters. The van der Waals surface area contributed by atoms with Gasteiger partial charge in [0.2, 0.25) is 15.9 Å². The summed E-state index contributed by atoms with van der Waals surface area (Å²) in [6, 6.07) is 10.1. The van der Waals surface area contributed by atoms with Crippen molar-refractivity contribution in [2.24, 2.45) is 0 Å². The number of hydrogen-bond acceptors (Lipinski definition) is 4. The SMILES string of the molecule is COc1ccc(F)cc1S(=O)(=O)N(C)CC(=O)NCc1ccc(Cl)cc1. The summed E-state index contributed by atoms with van der Waals surface area (Å²) in [6.07, 6.45) is 0. The summed E-state index contributed by atoms with van der Waals surface area (Å²) < 4.78 is 44.4. The van der Waals surface area contributed by atoms with Crippen molar-refractivity contribution in [3.63, 3.8) is 0 Å². The Morgan fingerprint density at radius 2 is 1.88 bits per heavy atom. The number of halogens is 2. The van der Waals surface area contributed by atoms with E-state index in [-0.39, 0.29) is 17.2 Å². The molecule has 0 atom stereocenters. The maximum Gasteiger partial charge on any atom is 0.247 e. The molecular formula is C17H18ClFN2O4S. The Balaban J connectivity index is 2.05. The first-order chi connectivity index (χ1) is 12.2. The molecule has 0 spiro atoms. The number of carbonyl (C=O) groups is 1. The second-order valence-electron chi connectivity index (χ2n) is 5.46. The molecule has 0 aliphatic heterocycles. The molecule has 140 valence electrons. The lowest BCUT2D eigenvalue weighted by Crippen LogP contribution is -2.38. The van der Waals surface area contributed by atoms with Crippen LogP contribution in [0.1, 0.15) is 5.56 Å². The van der Waals surface area contributed by atoms with Crippen LogP contribution >= 0.6 is 11.6 Å². The molecule has 0 saturated heterocycles. The van der Waals surface area contributed by atoms with Crippen molar-refractivity contribution in [3.8, 4) is 5.75 Å². The molecule has 0 aliphatic carbocycles. The third kappa shape index (κ3) is 4.94. The molecule has 0 bridgehead atoms. The summed E-state index contributed by atoms with van der Waals surface area (Å²) in [6.45, 7) is -0.192. The number of benzene rings is 2. The van der Waals surface area contributed by atoms with Gasteiger partial charge in [-0.3, -0.25) is 4.79 Å². The highest BCUT2D eigenvalue weighted by atomic mass is 35.5. The number of nitrogens with zero attached hydrogens (tertiary/aromatic N) is 1. The zero-order valence-corrected chi connectivity index (χ0v) is 15.8. The molecule has 9 heteroatoms. The molecule has 1 N–H and O–H groups in total. The van der Waals surface area contributed by atoms with E-state index >= 15 is 0 Å². The van der Waals surface area contributed by atoms with E-state index in [9.17, 15) is 17.6 Å². The van der Waals surface area contributed by atoms with Crippen LogP contribution in [0.5, 0.6) is 5.75 Å². The van der Waals surface area contributed by atoms with Crippen molar-refractivity contribution in [2.75, 3.05) is 20.7 Å². The fraction of sp³-hybridized carbons (Fsp3) is 0.235. The van der Waals surface area contributed by atoms with Crippen LogP contribution in [-0.2, 0) is 21.4 Å². The Hall–Kier alpha value is -2.16. The van der Waals surface area contributed by atoms with Gasteiger partial charge in [0.15, 0.2) is 0 Å². The van der Waals surface area contributed by atoms with E-state index < -0.39 is 28.3 Å². The summed E-state index contributed by atoms with van der Waals surface area (Å²) in [5.41, 5.74) is 0.819. The fourth-order valence-electron chi connectivity index (χ4n) is 2.17. The van der Waals surface area contributed by atoms with Crippen LogP contribution in [0.15, 0.2) is 47.4 Å². The topological polar surface area (TPSA) is 75.7 Å². The Bertz CT molecular complexity index is 888. The number of amides is 1. The maximum absolute atomic E-state index is 13.4. The molecule has 2 rings (SSSR count). The monoisotopic (exact) mass is 400 g/mol. The van der Waals surface area contributed by atoms with E-state index in [1.165, 1.54) is 20.2 Å². The second kappa shape index (κ2) is 8.48. The summed E-state index contributed by atoms with van der Waals surface area (Å²) in [4.78, 5) is 11.7. The lowest BCUT2D eigenvalue weighted by molar-refractivity contribution is -0.121. The normalized spacial score (nSPS) is 11.4. The summed E-state index contributed by atoms with van der Waals surface area (Å²) in [5, 5.41) is 3.20. The number of sulfonamides is 1. The van der Waals surface area contributed by atoms with Crippen molar-refractivity contribution in [2.45, 2.75) is 11.4 Å². The van der Waals surface area contributed by atoms with Crippen LogP contribution in [-0.4, -0.2) is 39.3 Å². The molecule has 1 amide bonds. The van der Waals surface area contributed by atoms with Gasteiger partial charge in [0, 0.05) is 18.6 Å². The van der Waals surface area contributed by atoms with Crippen molar-refractivity contribution in [1.82, 2.24) is 9.62 Å². The van der Waals surface area contributed by atoms with Gasteiger partial charge in [-0.25, -0.2) is 12.8 Å². The van der Waals surface area contributed by atoms with Gasteiger partial charge in [-0.05, 0) is 35.9 Å². The molecule has 2 aromatic rings. The number of hydrogen-bond donors (Lipinski definition) is 1. The molecule has 0 radical (unpaired) electrons. The highest BCUT2D eigenvalue weighted by molar-refractivity contribution is 7.89. The second-order valence-corrected chi connectivity index (χ2v) is 7.91. The molecule has 0 aliphatic rings. The van der Waals surface area contributed by atoms with Crippen LogP contribution in [0, 0.1) is 5.82 Å². The molecule has 2 aromatic carbocycles. The predicted octanol–water partition coefficient (Wildman–Crippen LogP) is 2.42. The number of rotatable bonds is 7. The van der Waals surface area contributed by atoms with E-state index in [1.807, 2.05) is 0 Å². The Morgan fingerprint density at radius 1 is 1.23 bits per heavy atom. The molecule has 0 heterocycles. The summed E-state index contributed by atoms with van der Waals surface area (Å²) in [7, 11) is -1.58. The standard InChI is InChI=1S/C17H18ClFN2O4S/c1-21(11-17(22)20-10-12-3-5-13(18)6-4-12)26(23,24)16-9-14(19)7-8-15(16)25-2/h3-9H,10-11H2,1-2H3,(H,20,22). The van der Waals surface area contributed by atoms with Crippen LogP contribution in [0.3, 0.4) is 0 Å². The van der Waals surface area contributed by atoms with Gasteiger partial charge >= 0.3 is 0 Å². The predicted molar refractivity (Wildman–Crippen MR) is 96.1 cm³/mol. The Kier molecular flexibility index (Phi) is 6.57. The van der Waals surface area contributed by atoms with Gasteiger partial charge in [0.1, 0.15) is 16.5 Å². The van der Waals surface area contributed by atoms with E-state index in [4.69, 9.17) is 16.3 Å². The number of carbonyl (C=O) groups excluding carboxylic acids is 1. The molecule has 0 aromatic heterocycles. The van der Waals surface area contributed by atoms with E-state index in [0.717, 1.165) is 22.0 Å². The van der Waals surface area contributed by atoms with Gasteiger partial charge in [-0.2, -0.15) is 4.31 Å². The first-order valence-electron chi connectivity index (χ1n) is 7.55. The summed E-state index contributed by atoms with van der Waals surface area (Å²) >= 11 is 5.79. The van der Waals surface area contributed by atoms with Crippen LogP contribution in [0.4, 0.5) is 4.39 Å². The van der Waals surface area contributed by atoms with Crippen molar-refractivity contribution in [3.05, 3.63) is 58.9 Å². The quantitative estimate of drug-likeness (QED) is 0.774. The average molecular weight is 401 g/mol. The van der Waals surface area contributed by atoms with Gasteiger partial charge in [0.25, 0.3) is 0 Å². The minimum Gasteiger partial charge on any atom is -0.495 e. The lowest BCUT2D eigenvalue weighted by atomic mass is 10.2. The number of methoxy groups -OCH3 is 1. The first-order valence-corrected chi connectivity index (χ1v) is 9.37. The van der Waals surface area contributed by atoms with E-state index in [1.54, 1.807) is 24.3 Å². The highest BCUT2D eigenvalue weighted by Gasteiger charge is 2.27. The number of ether oxygens (including phenoxy) is 1. The van der Waals surface area contributed by atoms with Crippen LogP contribution in [0.25, 0.3) is 0 Å². The molecule has 0 saturated carbocycles. The lowest BCUT2D eigenvalue weighted by Gasteiger charge is -2.18. The zero-order valence-electron chi connectivity index (χ0n) is 14.2. The van der Waals surface area contributed by atoms with Crippen LogP contribution < -0.4 is 10.1 Å². The van der Waals surface area contributed by atoms with Gasteiger partial charge in [-0.1, -0.05) is 23.7 Å². The number of nitrogens with one attached hydrogen (secondary N) is 1. The van der Waals surface area contributed by atoms with Gasteiger partial charge < -0.3 is 10.1 Å². The average Bonchev–Trinajstić information content (AvgIpc) is 2.61. The van der Waals surface area contributed by atoms with Crippen molar-refractivity contribution >= 4 is 27.5 Å². The van der Waals surface area contributed by atoms with Gasteiger partial charge in [-0.15, -0.1) is 0 Å². The minimum absolute atomic E-state index is 0.000164. The van der Waals surface area contributed by atoms with Crippen molar-refractivity contribution in [1.29, 1.82) is 0 Å². The third-order valence-electron chi connectivity index (χ3n) is 3.58. The maximum atomic E-state index is 13.4. The third-order valence-corrected chi connectivity index (χ3v) is 5.66. The Morgan fingerprint density at radius 3 is 2.50 bits per heavy atom. The summed E-state index contributed by atoms with van der Waals surface area (Å²) in [5.74, 6) is -1.22. The minimum atomic E-state index is -4.10.